The Morgan fingerprint density at radius 3 is 2.74 bits per heavy atom. The monoisotopic (exact) mass is 279 g/mol. The molecule has 2 rings (SSSR count). The van der Waals surface area contributed by atoms with Crippen molar-refractivity contribution in [1.29, 1.82) is 0 Å². The quantitative estimate of drug-likeness (QED) is 0.825. The van der Waals surface area contributed by atoms with Gasteiger partial charge in [-0.1, -0.05) is 29.8 Å². The third kappa shape index (κ3) is 3.86. The third-order valence-corrected chi connectivity index (χ3v) is 3.01. The molecule has 2 nitrogen and oxygen atoms in total. The fraction of sp³-hybridized carbons (Fsp3) is 0.200. The number of anilines is 1. The molecule has 0 unspecified atom stereocenters. The van der Waals surface area contributed by atoms with Crippen LogP contribution in [-0.2, 0) is 0 Å². The molecule has 100 valence electrons. The van der Waals surface area contributed by atoms with Gasteiger partial charge in [-0.15, -0.1) is 0 Å². The van der Waals surface area contributed by atoms with Gasteiger partial charge in [0, 0.05) is 12.2 Å². The van der Waals surface area contributed by atoms with Crippen molar-refractivity contribution >= 4 is 17.3 Å². The molecule has 0 atom stereocenters. The first-order chi connectivity index (χ1) is 9.16. The van der Waals surface area contributed by atoms with Gasteiger partial charge in [0.15, 0.2) is 0 Å². The SMILES string of the molecule is Cc1ccccc1NCCOc1ccc(F)cc1Cl. The van der Waals surface area contributed by atoms with Gasteiger partial charge in [0.25, 0.3) is 0 Å². The van der Waals surface area contributed by atoms with Crippen molar-refractivity contribution < 1.29 is 9.13 Å². The standard InChI is InChI=1S/C15H15ClFNO/c1-11-4-2-3-5-14(11)18-8-9-19-15-7-6-12(17)10-13(15)16/h2-7,10,18H,8-9H2,1H3. The maximum absolute atomic E-state index is 12.8. The lowest BCUT2D eigenvalue weighted by Crippen LogP contribution is -2.12. The van der Waals surface area contributed by atoms with Gasteiger partial charge in [-0.25, -0.2) is 4.39 Å². The summed E-state index contributed by atoms with van der Waals surface area (Å²) in [5.41, 5.74) is 2.26. The molecule has 0 spiro atoms. The highest BCUT2D eigenvalue weighted by Crippen LogP contribution is 2.24. The summed E-state index contributed by atoms with van der Waals surface area (Å²) in [6.07, 6.45) is 0. The van der Waals surface area contributed by atoms with E-state index in [0.29, 0.717) is 18.9 Å². The van der Waals surface area contributed by atoms with Gasteiger partial charge in [-0.05, 0) is 36.8 Å². The zero-order valence-corrected chi connectivity index (χ0v) is 11.4. The van der Waals surface area contributed by atoms with Crippen molar-refractivity contribution in [3.05, 3.63) is 58.9 Å². The van der Waals surface area contributed by atoms with Crippen LogP contribution < -0.4 is 10.1 Å². The molecule has 0 aromatic heterocycles. The second kappa shape index (κ2) is 6.43. The van der Waals surface area contributed by atoms with Gasteiger partial charge < -0.3 is 10.1 Å². The van der Waals surface area contributed by atoms with Crippen LogP contribution in [0.3, 0.4) is 0 Å². The van der Waals surface area contributed by atoms with Crippen LogP contribution in [0.15, 0.2) is 42.5 Å². The molecular weight excluding hydrogens is 265 g/mol. The third-order valence-electron chi connectivity index (χ3n) is 2.71. The number of ether oxygens (including phenoxy) is 1. The maximum atomic E-state index is 12.8. The van der Waals surface area contributed by atoms with E-state index in [1.807, 2.05) is 31.2 Å². The number of hydrogen-bond donors (Lipinski definition) is 1. The highest BCUT2D eigenvalue weighted by atomic mass is 35.5. The molecule has 0 heterocycles. The number of halogens is 2. The van der Waals surface area contributed by atoms with Crippen LogP contribution in [0.25, 0.3) is 0 Å². The number of rotatable bonds is 5. The van der Waals surface area contributed by atoms with Crippen LogP contribution in [0.5, 0.6) is 5.75 Å². The van der Waals surface area contributed by atoms with Crippen LogP contribution in [0.4, 0.5) is 10.1 Å². The molecule has 0 saturated heterocycles. The Balaban J connectivity index is 1.83. The van der Waals surface area contributed by atoms with Crippen molar-refractivity contribution in [3.63, 3.8) is 0 Å². The fourth-order valence-corrected chi connectivity index (χ4v) is 1.93. The van der Waals surface area contributed by atoms with Gasteiger partial charge in [-0.2, -0.15) is 0 Å². The van der Waals surface area contributed by atoms with E-state index < -0.39 is 0 Å². The summed E-state index contributed by atoms with van der Waals surface area (Å²) in [7, 11) is 0. The zero-order chi connectivity index (χ0) is 13.7. The maximum Gasteiger partial charge on any atom is 0.138 e. The highest BCUT2D eigenvalue weighted by molar-refractivity contribution is 6.32. The van der Waals surface area contributed by atoms with E-state index in [4.69, 9.17) is 16.3 Å². The number of nitrogens with one attached hydrogen (secondary N) is 1. The van der Waals surface area contributed by atoms with Crippen molar-refractivity contribution in [3.8, 4) is 5.75 Å². The van der Waals surface area contributed by atoms with Crippen LogP contribution in [0, 0.1) is 12.7 Å². The van der Waals surface area contributed by atoms with E-state index in [0.717, 1.165) is 5.69 Å². The van der Waals surface area contributed by atoms with Crippen LogP contribution >= 0.6 is 11.6 Å². The number of benzene rings is 2. The van der Waals surface area contributed by atoms with E-state index in [1.54, 1.807) is 0 Å². The molecule has 0 amide bonds. The molecule has 4 heteroatoms. The number of aryl methyl sites for hydroxylation is 1. The second-order valence-corrected chi connectivity index (χ2v) is 4.57. The molecule has 0 aliphatic heterocycles. The van der Waals surface area contributed by atoms with Crippen molar-refractivity contribution in [1.82, 2.24) is 0 Å². The normalized spacial score (nSPS) is 10.3. The summed E-state index contributed by atoms with van der Waals surface area (Å²) in [6, 6.07) is 12.1. The molecular formula is C15H15ClFNO. The lowest BCUT2D eigenvalue weighted by molar-refractivity contribution is 0.332. The first kappa shape index (κ1) is 13.7. The van der Waals surface area contributed by atoms with E-state index >= 15 is 0 Å². The van der Waals surface area contributed by atoms with Crippen molar-refractivity contribution in [2.24, 2.45) is 0 Å². The van der Waals surface area contributed by atoms with Crippen molar-refractivity contribution in [2.75, 3.05) is 18.5 Å². The largest absolute Gasteiger partial charge is 0.490 e. The van der Waals surface area contributed by atoms with E-state index in [1.165, 1.54) is 23.8 Å². The molecule has 2 aromatic carbocycles. The highest BCUT2D eigenvalue weighted by Gasteiger charge is 2.02. The summed E-state index contributed by atoms with van der Waals surface area (Å²) < 4.78 is 18.3. The Hall–Kier alpha value is -1.74. The Bertz CT molecular complexity index is 560. The summed E-state index contributed by atoms with van der Waals surface area (Å²) in [5, 5.41) is 3.56. The molecule has 1 N–H and O–H groups in total. The average molecular weight is 280 g/mol. The van der Waals surface area contributed by atoms with Gasteiger partial charge >= 0.3 is 0 Å². The van der Waals surface area contributed by atoms with Crippen LogP contribution in [0.2, 0.25) is 5.02 Å². The van der Waals surface area contributed by atoms with Crippen molar-refractivity contribution in [2.45, 2.75) is 6.92 Å². The first-order valence-electron chi connectivity index (χ1n) is 6.04. The molecule has 0 bridgehead atoms. The Morgan fingerprint density at radius 2 is 2.00 bits per heavy atom. The Labute approximate surface area is 117 Å². The fourth-order valence-electron chi connectivity index (χ4n) is 1.71. The van der Waals surface area contributed by atoms with Crippen LogP contribution in [0.1, 0.15) is 5.56 Å². The lowest BCUT2D eigenvalue weighted by atomic mass is 10.2. The molecule has 0 fully saturated rings. The van der Waals surface area contributed by atoms with Gasteiger partial charge in [-0.3, -0.25) is 0 Å². The Kier molecular flexibility index (Phi) is 4.63. The number of hydrogen-bond acceptors (Lipinski definition) is 2. The predicted octanol–water partition coefficient (Wildman–Crippen LogP) is 4.28. The zero-order valence-electron chi connectivity index (χ0n) is 10.6. The van der Waals surface area contributed by atoms with Gasteiger partial charge in [0.2, 0.25) is 0 Å². The summed E-state index contributed by atoms with van der Waals surface area (Å²) in [4.78, 5) is 0. The van der Waals surface area contributed by atoms with E-state index in [9.17, 15) is 4.39 Å². The smallest absolute Gasteiger partial charge is 0.138 e. The van der Waals surface area contributed by atoms with Gasteiger partial charge in [0.05, 0.1) is 5.02 Å². The van der Waals surface area contributed by atoms with E-state index in [2.05, 4.69) is 5.32 Å². The summed E-state index contributed by atoms with van der Waals surface area (Å²) in [6.45, 7) is 3.15. The summed E-state index contributed by atoms with van der Waals surface area (Å²) in [5.74, 6) is 0.130. The molecule has 0 aliphatic carbocycles. The molecule has 19 heavy (non-hydrogen) atoms. The molecule has 0 saturated carbocycles. The van der Waals surface area contributed by atoms with Crippen LogP contribution in [-0.4, -0.2) is 13.2 Å². The Morgan fingerprint density at radius 1 is 1.21 bits per heavy atom. The van der Waals surface area contributed by atoms with E-state index in [-0.39, 0.29) is 10.8 Å². The predicted molar refractivity (Wildman–Crippen MR) is 76.6 cm³/mol. The second-order valence-electron chi connectivity index (χ2n) is 4.16. The number of para-hydroxylation sites is 1. The lowest BCUT2D eigenvalue weighted by Gasteiger charge is -2.11. The minimum Gasteiger partial charge on any atom is -0.490 e. The minimum absolute atomic E-state index is 0.288. The molecule has 0 aliphatic rings. The minimum atomic E-state index is -0.365. The first-order valence-corrected chi connectivity index (χ1v) is 6.42. The molecule has 2 aromatic rings. The molecule has 0 radical (unpaired) electrons. The summed E-state index contributed by atoms with van der Waals surface area (Å²) >= 11 is 5.87. The average Bonchev–Trinajstić information content (AvgIpc) is 2.38. The van der Waals surface area contributed by atoms with Gasteiger partial charge in [0.1, 0.15) is 18.2 Å². The topological polar surface area (TPSA) is 21.3 Å².